The number of amides is 8. The number of benzene rings is 3. The molecule has 3 aromatic carbocycles. The lowest BCUT2D eigenvalue weighted by atomic mass is 10.0. The number of carboxylic acids is 5. The van der Waals surface area contributed by atoms with Crippen LogP contribution in [-0.2, 0) is 115 Å². The molecular weight excluding hydrogens is 1930 g/mol. The van der Waals surface area contributed by atoms with E-state index >= 15 is 0 Å². The lowest BCUT2D eigenvalue weighted by Gasteiger charge is -2.36. The lowest BCUT2D eigenvalue weighted by Crippen LogP contribution is -2.50. The maximum atomic E-state index is 13.4. The number of carboxylic acid groups (broad SMARTS) is 5. The topological polar surface area (TPSA) is 554 Å². The third kappa shape index (κ3) is 60.4. The summed E-state index contributed by atoms with van der Waals surface area (Å²) < 4.78 is 64.5. The normalized spacial score (nSPS) is 14.2. The van der Waals surface area contributed by atoms with Crippen molar-refractivity contribution in [3.63, 3.8) is 0 Å². The molecule has 4 aromatic rings. The minimum absolute atomic E-state index is 0.00920. The molecule has 774 valence electrons. The third-order valence-corrected chi connectivity index (χ3v) is 22.3. The Kier molecular flexibility index (Phi) is 64.9. The molecule has 0 aliphatic carbocycles. The fourth-order valence-corrected chi connectivity index (χ4v) is 14.2. The molecule has 15 N–H and O–H groups in total. The van der Waals surface area contributed by atoms with Crippen LogP contribution < -0.4 is 53.2 Å². The number of ether oxygens (including phenoxy) is 11. The molecule has 0 radical (unpaired) electrons. The summed E-state index contributed by atoms with van der Waals surface area (Å²) in [6.07, 6.45) is 8.21. The monoisotopic (exact) mass is 2080 g/mol. The van der Waals surface area contributed by atoms with Gasteiger partial charge in [-0.15, -0.1) is 5.10 Å². The molecule has 2 heterocycles. The number of rotatable bonds is 77. The van der Waals surface area contributed by atoms with Gasteiger partial charge in [-0.2, -0.15) is 0 Å². The SMILES string of the molecule is CN1CCN(CC(=O)O)CCN(CC(=O)O)CC(Cc2ccc(NC(=S)NCCCC[C@H](NC(=O)CCOCCOCCOCCOCCOCCOCCOCCOCCNC(=O)[C@H](CCCCNC(=O)CCCc3ccc(I)cc3)NC(=O)CCOCCOCCOCCn3cc(-c4cccc(NC(=O)NCCCC[C@H](NC(=O)NCCCC(=O)O)C(=O)O)c4)nn3)C(=O)O)cc2)N(C)CC1. The van der Waals surface area contributed by atoms with E-state index in [0.717, 1.165) is 40.8 Å². The minimum atomic E-state index is -1.21. The number of likely N-dealkylation sites (N-methyl/N-ethyl adjacent to an activating group) is 2. The first-order chi connectivity index (χ1) is 66.8. The molecule has 46 heteroatoms. The Morgan fingerprint density at radius 1 is 0.428 bits per heavy atom. The van der Waals surface area contributed by atoms with Gasteiger partial charge in [0.1, 0.15) is 23.8 Å². The molecule has 0 saturated carbocycles. The van der Waals surface area contributed by atoms with Crippen molar-refractivity contribution in [1.29, 1.82) is 0 Å². The molecule has 138 heavy (non-hydrogen) atoms. The number of anilines is 2. The van der Waals surface area contributed by atoms with E-state index in [-0.39, 0.29) is 148 Å². The maximum Gasteiger partial charge on any atom is 0.326 e. The number of aliphatic carboxylic acids is 5. The van der Waals surface area contributed by atoms with Crippen molar-refractivity contribution in [3.8, 4) is 11.3 Å². The first kappa shape index (κ1) is 119. The van der Waals surface area contributed by atoms with Crippen LogP contribution in [0.5, 0.6) is 0 Å². The number of hydrogen-bond acceptors (Lipinski definition) is 29. The van der Waals surface area contributed by atoms with Crippen LogP contribution in [-0.4, -0.2) is 406 Å². The van der Waals surface area contributed by atoms with Gasteiger partial charge in [-0.1, -0.05) is 41.6 Å². The number of halogens is 1. The molecule has 0 spiro atoms. The van der Waals surface area contributed by atoms with E-state index in [2.05, 4.69) is 108 Å². The predicted octanol–water partition coefficient (Wildman–Crippen LogP) is 3.62. The summed E-state index contributed by atoms with van der Waals surface area (Å²) >= 11 is 7.79. The number of thiocarbonyl (C=S) groups is 1. The second-order valence-corrected chi connectivity index (χ2v) is 34.2. The molecule has 1 saturated heterocycles. The summed E-state index contributed by atoms with van der Waals surface area (Å²) in [5, 5.41) is 83.9. The lowest BCUT2D eigenvalue weighted by molar-refractivity contribution is -0.142. The highest BCUT2D eigenvalue weighted by Crippen LogP contribution is 2.22. The predicted molar refractivity (Wildman–Crippen MR) is 523 cm³/mol. The van der Waals surface area contributed by atoms with Crippen LogP contribution >= 0.6 is 34.8 Å². The number of aromatic nitrogens is 3. The van der Waals surface area contributed by atoms with Crippen molar-refractivity contribution >= 4 is 117 Å². The second kappa shape index (κ2) is 75.3. The average molecular weight is 2080 g/mol. The van der Waals surface area contributed by atoms with Gasteiger partial charge in [0.05, 0.1) is 171 Å². The van der Waals surface area contributed by atoms with E-state index in [1.54, 1.807) is 29.1 Å². The highest BCUT2D eigenvalue weighted by molar-refractivity contribution is 14.1. The fourth-order valence-electron chi connectivity index (χ4n) is 13.7. The molecule has 4 atom stereocenters. The molecule has 1 aromatic heterocycles. The fraction of sp³-hybridized carbons (Fsp3) is 0.652. The molecule has 5 rings (SSSR count). The first-order valence-electron chi connectivity index (χ1n) is 47.2. The summed E-state index contributed by atoms with van der Waals surface area (Å²) in [6, 6.07) is 18.9. The Hall–Kier alpha value is -9.61. The van der Waals surface area contributed by atoms with Crippen LogP contribution in [0.3, 0.4) is 0 Å². The highest BCUT2D eigenvalue weighted by Gasteiger charge is 2.27. The standard InChI is InChI=1S/C92H146IN17O27S/c1-106-35-37-107(2)76(66-109(69-86(118)119)40-39-108(38-36-106)68-85(116)117)64-71-22-26-74(27-23-71)100-92(138)98-32-8-5-16-78(88(121)122)102-83(113)29-43-128-47-51-132-54-56-134-58-60-136-62-63-137-61-59-135-57-55-133-52-48-129-44-34-95-87(120)77(15-3-6-30-94-81(111)18-9-12-70-20-24-73(93)25-21-70)101-82(112)28-42-127-46-50-131-53-49-130-45-41-110-67-80(104-105-110)72-13-10-14-75(65-72)99-90(125)96-31-7-4-17-79(89(123)124)103-91(126)97-33-11-19-84(114)115/h10,13-14,20-27,65,67,76-79H,3-9,11-12,15-19,28-64,66,68-69H2,1-2H3,(H,94,111)(H,95,120)(H,101,112)(H,102,113)(H,114,115)(H,116,117)(H,118,119)(H,121,122)(H,123,124)(H2,96,99,125)(H2,97,103,126)(H2,98,100,138)/t76?,77-,78-,79-/m0/s1. The van der Waals surface area contributed by atoms with Gasteiger partial charge in [-0.3, -0.25) is 43.4 Å². The van der Waals surface area contributed by atoms with Gasteiger partial charge in [0.25, 0.3) is 0 Å². The minimum Gasteiger partial charge on any atom is -0.481 e. The zero-order valence-corrected chi connectivity index (χ0v) is 82.6. The zero-order chi connectivity index (χ0) is 99.8. The summed E-state index contributed by atoms with van der Waals surface area (Å²) in [6.45, 7) is 12.2. The van der Waals surface area contributed by atoms with E-state index in [4.69, 9.17) is 69.4 Å². The van der Waals surface area contributed by atoms with Crippen molar-refractivity contribution in [3.05, 3.63) is 93.7 Å². The number of carbonyl (C=O) groups is 11. The number of nitrogens with zero attached hydrogens (tertiary/aromatic N) is 7. The largest absolute Gasteiger partial charge is 0.481 e. The van der Waals surface area contributed by atoms with Crippen LogP contribution in [0, 0.1) is 3.57 Å². The van der Waals surface area contributed by atoms with Crippen LogP contribution in [0.15, 0.2) is 79.0 Å². The van der Waals surface area contributed by atoms with Gasteiger partial charge in [0, 0.05) is 131 Å². The van der Waals surface area contributed by atoms with Gasteiger partial charge in [0.15, 0.2) is 5.11 Å². The zero-order valence-electron chi connectivity index (χ0n) is 79.6. The molecule has 44 nitrogen and oxygen atoms in total. The second-order valence-electron chi connectivity index (χ2n) is 32.6. The van der Waals surface area contributed by atoms with Gasteiger partial charge < -0.3 is 141 Å². The number of aryl methyl sites for hydroxylation is 1. The molecule has 1 aliphatic heterocycles. The molecule has 1 fully saturated rings. The quantitative estimate of drug-likeness (QED) is 0.0170. The number of carbonyl (C=O) groups excluding carboxylic acids is 6. The Morgan fingerprint density at radius 3 is 1.46 bits per heavy atom. The van der Waals surface area contributed by atoms with E-state index in [1.807, 2.05) is 66.4 Å². The van der Waals surface area contributed by atoms with Gasteiger partial charge in [-0.25, -0.2) is 23.9 Å². The Balaban J connectivity index is 0.810. The van der Waals surface area contributed by atoms with Gasteiger partial charge >= 0.3 is 41.9 Å². The van der Waals surface area contributed by atoms with Crippen molar-refractivity contribution in [2.24, 2.45) is 0 Å². The van der Waals surface area contributed by atoms with Crippen molar-refractivity contribution in [2.75, 3.05) is 262 Å². The highest BCUT2D eigenvalue weighted by atomic mass is 127. The Labute approximate surface area is 826 Å². The van der Waals surface area contributed by atoms with E-state index in [0.29, 0.717) is 225 Å². The number of urea groups is 2. The van der Waals surface area contributed by atoms with Crippen LogP contribution in [0.1, 0.15) is 107 Å². The van der Waals surface area contributed by atoms with Crippen molar-refractivity contribution in [1.82, 2.24) is 77.1 Å². The third-order valence-electron chi connectivity index (χ3n) is 21.3. The smallest absolute Gasteiger partial charge is 0.326 e. The maximum absolute atomic E-state index is 13.4. The Morgan fingerprint density at radius 2 is 0.899 bits per heavy atom. The van der Waals surface area contributed by atoms with Crippen LogP contribution in [0.2, 0.25) is 0 Å². The van der Waals surface area contributed by atoms with Gasteiger partial charge in [0.2, 0.25) is 23.6 Å². The first-order valence-corrected chi connectivity index (χ1v) is 48.7. The van der Waals surface area contributed by atoms with Crippen molar-refractivity contribution in [2.45, 2.75) is 140 Å². The summed E-state index contributed by atoms with van der Waals surface area (Å²) in [5.41, 5.74) is 4.78. The van der Waals surface area contributed by atoms with Crippen molar-refractivity contribution < 1.29 is 130 Å². The molecule has 8 amide bonds. The average Bonchev–Trinajstić information content (AvgIpc) is 1.69. The van der Waals surface area contributed by atoms with Crippen LogP contribution in [0.4, 0.5) is 21.0 Å². The molecule has 1 aliphatic rings. The van der Waals surface area contributed by atoms with E-state index < -0.39 is 65.9 Å². The van der Waals surface area contributed by atoms with Gasteiger partial charge in [-0.05, 0) is 180 Å². The summed E-state index contributed by atoms with van der Waals surface area (Å²) in [7, 11) is 4.06. The number of unbranched alkanes of at least 4 members (excludes halogenated alkanes) is 3. The van der Waals surface area contributed by atoms with E-state index in [1.165, 1.54) is 5.56 Å². The number of hydrogen-bond donors (Lipinski definition) is 15. The molecule has 0 bridgehead atoms. The molecule has 1 unspecified atom stereocenters. The molecular formula is C92H146IN17O27S. The number of nitrogens with one attached hydrogen (secondary N) is 10. The van der Waals surface area contributed by atoms with E-state index in [9.17, 15) is 73.2 Å². The Bertz CT molecular complexity index is 4120. The summed E-state index contributed by atoms with van der Waals surface area (Å²) in [5.74, 6) is -6.40. The summed E-state index contributed by atoms with van der Waals surface area (Å²) in [4.78, 5) is 142. The van der Waals surface area contributed by atoms with Crippen LogP contribution in [0.25, 0.3) is 11.3 Å².